The Morgan fingerprint density at radius 1 is 1.39 bits per heavy atom. The standard InChI is InChI=1S/C12H17N3O2S/c1-6-8(12(17)15(2)3)10(13)18-9(6)11(16)14-7-4-5-7/h7H,4-5,13H2,1-3H3,(H,14,16). The van der Waals surface area contributed by atoms with Crippen LogP contribution in [0.2, 0.25) is 0 Å². The fourth-order valence-electron chi connectivity index (χ4n) is 1.72. The van der Waals surface area contributed by atoms with Gasteiger partial charge in [-0.15, -0.1) is 11.3 Å². The molecule has 0 aromatic carbocycles. The molecule has 0 atom stereocenters. The topological polar surface area (TPSA) is 75.4 Å². The van der Waals surface area contributed by atoms with Gasteiger partial charge >= 0.3 is 0 Å². The van der Waals surface area contributed by atoms with Gasteiger partial charge in [-0.2, -0.15) is 0 Å². The summed E-state index contributed by atoms with van der Waals surface area (Å²) in [6.07, 6.45) is 2.07. The normalized spacial score (nSPS) is 14.4. The molecular formula is C12H17N3O2S. The SMILES string of the molecule is Cc1c(C(=O)NC2CC2)sc(N)c1C(=O)N(C)C. The van der Waals surface area contributed by atoms with Gasteiger partial charge < -0.3 is 16.0 Å². The second-order valence-corrected chi connectivity index (χ2v) is 5.79. The molecule has 6 heteroatoms. The molecule has 0 radical (unpaired) electrons. The number of hydrogen-bond donors (Lipinski definition) is 2. The van der Waals surface area contributed by atoms with Crippen molar-refractivity contribution >= 4 is 28.2 Å². The van der Waals surface area contributed by atoms with Gasteiger partial charge in [-0.25, -0.2) is 0 Å². The van der Waals surface area contributed by atoms with Crippen molar-refractivity contribution in [2.24, 2.45) is 0 Å². The number of nitrogens with one attached hydrogen (secondary N) is 1. The first kappa shape index (κ1) is 12.9. The molecule has 2 amide bonds. The molecule has 1 aromatic rings. The first-order valence-corrected chi connectivity index (χ1v) is 6.64. The van der Waals surface area contributed by atoms with Gasteiger partial charge in [0.05, 0.1) is 15.4 Å². The molecule has 1 aromatic heterocycles. The van der Waals surface area contributed by atoms with Crippen LogP contribution in [0.3, 0.4) is 0 Å². The van der Waals surface area contributed by atoms with Gasteiger partial charge in [0.1, 0.15) is 0 Å². The van der Waals surface area contributed by atoms with Crippen molar-refractivity contribution in [2.45, 2.75) is 25.8 Å². The number of anilines is 1. The van der Waals surface area contributed by atoms with Crippen LogP contribution in [0.4, 0.5) is 5.00 Å². The van der Waals surface area contributed by atoms with E-state index in [-0.39, 0.29) is 11.8 Å². The lowest BCUT2D eigenvalue weighted by atomic mass is 10.1. The minimum Gasteiger partial charge on any atom is -0.390 e. The number of nitrogens with two attached hydrogens (primary N) is 1. The van der Waals surface area contributed by atoms with Crippen LogP contribution in [0.15, 0.2) is 0 Å². The van der Waals surface area contributed by atoms with E-state index in [1.807, 2.05) is 0 Å². The monoisotopic (exact) mass is 267 g/mol. The second-order valence-electron chi connectivity index (χ2n) is 4.74. The van der Waals surface area contributed by atoms with E-state index >= 15 is 0 Å². The molecule has 0 aliphatic heterocycles. The Morgan fingerprint density at radius 2 is 2.00 bits per heavy atom. The van der Waals surface area contributed by atoms with Crippen LogP contribution in [0.5, 0.6) is 0 Å². The average Bonchev–Trinajstić information content (AvgIpc) is 3.04. The third kappa shape index (κ3) is 2.33. The minimum atomic E-state index is -0.160. The fraction of sp³-hybridized carbons (Fsp3) is 0.500. The lowest BCUT2D eigenvalue weighted by Gasteiger charge is -2.10. The van der Waals surface area contributed by atoms with Crippen molar-refractivity contribution in [3.8, 4) is 0 Å². The van der Waals surface area contributed by atoms with Gasteiger partial charge in [-0.1, -0.05) is 0 Å². The molecule has 1 fully saturated rings. The van der Waals surface area contributed by atoms with E-state index in [0.717, 1.165) is 12.8 Å². The molecule has 0 bridgehead atoms. The summed E-state index contributed by atoms with van der Waals surface area (Å²) in [6.45, 7) is 1.77. The number of carbonyl (C=O) groups excluding carboxylic acids is 2. The maximum absolute atomic E-state index is 12.0. The van der Waals surface area contributed by atoms with Gasteiger partial charge in [0, 0.05) is 20.1 Å². The highest BCUT2D eigenvalue weighted by Crippen LogP contribution is 2.32. The molecular weight excluding hydrogens is 250 g/mol. The van der Waals surface area contributed by atoms with E-state index in [9.17, 15) is 9.59 Å². The average molecular weight is 267 g/mol. The molecule has 0 spiro atoms. The van der Waals surface area contributed by atoms with Gasteiger partial charge in [0.15, 0.2) is 0 Å². The zero-order chi connectivity index (χ0) is 13.4. The van der Waals surface area contributed by atoms with Crippen LogP contribution in [0.1, 0.15) is 38.4 Å². The number of nitrogen functional groups attached to an aromatic ring is 1. The Balaban J connectivity index is 2.30. The van der Waals surface area contributed by atoms with Crippen LogP contribution in [-0.2, 0) is 0 Å². The highest BCUT2D eigenvalue weighted by atomic mass is 32.1. The molecule has 0 unspecified atom stereocenters. The summed E-state index contributed by atoms with van der Waals surface area (Å²) >= 11 is 1.18. The molecule has 1 aliphatic carbocycles. The van der Waals surface area contributed by atoms with Crippen molar-refractivity contribution < 1.29 is 9.59 Å². The Bertz CT molecular complexity index is 504. The van der Waals surface area contributed by atoms with E-state index in [2.05, 4.69) is 5.32 Å². The molecule has 1 aliphatic rings. The van der Waals surface area contributed by atoms with E-state index < -0.39 is 0 Å². The Morgan fingerprint density at radius 3 is 2.50 bits per heavy atom. The first-order chi connectivity index (χ1) is 8.41. The maximum atomic E-state index is 12.0. The summed E-state index contributed by atoms with van der Waals surface area (Å²) in [7, 11) is 3.34. The summed E-state index contributed by atoms with van der Waals surface area (Å²) in [6, 6.07) is 0.299. The summed E-state index contributed by atoms with van der Waals surface area (Å²) < 4.78 is 0. The molecule has 0 saturated heterocycles. The third-order valence-electron chi connectivity index (χ3n) is 2.91. The highest BCUT2D eigenvalue weighted by Gasteiger charge is 2.28. The quantitative estimate of drug-likeness (QED) is 0.865. The number of amides is 2. The molecule has 1 heterocycles. The van der Waals surface area contributed by atoms with Crippen molar-refractivity contribution in [3.05, 3.63) is 16.0 Å². The van der Waals surface area contributed by atoms with Crippen molar-refractivity contribution in [1.82, 2.24) is 10.2 Å². The molecule has 18 heavy (non-hydrogen) atoms. The minimum absolute atomic E-state index is 0.121. The van der Waals surface area contributed by atoms with Gasteiger partial charge in [0.25, 0.3) is 11.8 Å². The first-order valence-electron chi connectivity index (χ1n) is 5.83. The lowest BCUT2D eigenvalue weighted by molar-refractivity contribution is 0.0828. The predicted octanol–water partition coefficient (Wildman–Crippen LogP) is 1.23. The summed E-state index contributed by atoms with van der Waals surface area (Å²) in [5, 5.41) is 3.32. The molecule has 3 N–H and O–H groups in total. The van der Waals surface area contributed by atoms with Crippen molar-refractivity contribution in [1.29, 1.82) is 0 Å². The van der Waals surface area contributed by atoms with E-state index in [0.29, 0.717) is 27.0 Å². The van der Waals surface area contributed by atoms with Crippen LogP contribution < -0.4 is 11.1 Å². The number of rotatable bonds is 3. The third-order valence-corrected chi connectivity index (χ3v) is 4.03. The van der Waals surface area contributed by atoms with Crippen LogP contribution in [-0.4, -0.2) is 36.9 Å². The molecule has 98 valence electrons. The van der Waals surface area contributed by atoms with Crippen molar-refractivity contribution in [3.63, 3.8) is 0 Å². The van der Waals surface area contributed by atoms with Gasteiger partial charge in [-0.3, -0.25) is 9.59 Å². The van der Waals surface area contributed by atoms with E-state index in [1.54, 1.807) is 21.0 Å². The van der Waals surface area contributed by atoms with E-state index in [4.69, 9.17) is 5.73 Å². The Hall–Kier alpha value is -1.56. The smallest absolute Gasteiger partial charge is 0.261 e. The Labute approximate surface area is 110 Å². The maximum Gasteiger partial charge on any atom is 0.261 e. The number of nitrogens with zero attached hydrogens (tertiary/aromatic N) is 1. The molecule has 2 rings (SSSR count). The second kappa shape index (κ2) is 4.61. The highest BCUT2D eigenvalue weighted by molar-refractivity contribution is 7.18. The zero-order valence-corrected chi connectivity index (χ0v) is 11.6. The summed E-state index contributed by atoms with van der Waals surface area (Å²) in [5.74, 6) is -0.281. The van der Waals surface area contributed by atoms with Gasteiger partial charge in [-0.05, 0) is 25.3 Å². The number of thiophene rings is 1. The van der Waals surface area contributed by atoms with Crippen molar-refractivity contribution in [2.75, 3.05) is 19.8 Å². The predicted molar refractivity (Wildman–Crippen MR) is 72.0 cm³/mol. The number of hydrogen-bond acceptors (Lipinski definition) is 4. The van der Waals surface area contributed by atoms with Crippen LogP contribution in [0.25, 0.3) is 0 Å². The van der Waals surface area contributed by atoms with Gasteiger partial charge in [0.2, 0.25) is 0 Å². The zero-order valence-electron chi connectivity index (χ0n) is 10.7. The molecule has 1 saturated carbocycles. The fourth-order valence-corrected chi connectivity index (χ4v) is 2.69. The summed E-state index contributed by atoms with van der Waals surface area (Å²) in [5.41, 5.74) is 6.98. The van der Waals surface area contributed by atoms with E-state index in [1.165, 1.54) is 16.2 Å². The largest absolute Gasteiger partial charge is 0.390 e. The lowest BCUT2D eigenvalue weighted by Crippen LogP contribution is -2.26. The summed E-state index contributed by atoms with van der Waals surface area (Å²) in [4.78, 5) is 26.0. The van der Waals surface area contributed by atoms with Crippen LogP contribution in [0, 0.1) is 6.92 Å². The molecule has 5 nitrogen and oxygen atoms in total. The number of carbonyl (C=O) groups is 2. The Kier molecular flexibility index (Phi) is 3.30. The van der Waals surface area contributed by atoms with Crippen LogP contribution >= 0.6 is 11.3 Å².